The van der Waals surface area contributed by atoms with Gasteiger partial charge in [-0.1, -0.05) is 30.3 Å². The van der Waals surface area contributed by atoms with Gasteiger partial charge in [-0.3, -0.25) is 0 Å². The molecule has 4 aromatic rings. The molecule has 0 aliphatic carbocycles. The zero-order chi connectivity index (χ0) is 22.5. The van der Waals surface area contributed by atoms with Gasteiger partial charge in [0.05, 0.1) is 11.5 Å². The van der Waals surface area contributed by atoms with Gasteiger partial charge in [-0.05, 0) is 56.9 Å². The molecule has 2 N–H and O–H groups in total. The fraction of sp³-hybridized carbons (Fsp3) is 0.269. The van der Waals surface area contributed by atoms with Crippen LogP contribution in [0.5, 0.6) is 5.75 Å². The van der Waals surface area contributed by atoms with Gasteiger partial charge < -0.3 is 24.5 Å². The Morgan fingerprint density at radius 2 is 1.78 bits per heavy atom. The van der Waals surface area contributed by atoms with Crippen LogP contribution in [0.25, 0.3) is 33.6 Å². The van der Waals surface area contributed by atoms with Crippen molar-refractivity contribution in [2.75, 3.05) is 39.1 Å². The van der Waals surface area contributed by atoms with Crippen molar-refractivity contribution in [3.05, 3.63) is 66.9 Å². The molecular formula is C26H29N3O3. The highest BCUT2D eigenvalue weighted by atomic mass is 16.5. The molecular weight excluding hydrogens is 402 g/mol. The summed E-state index contributed by atoms with van der Waals surface area (Å²) in [6.07, 6.45) is 1.25. The van der Waals surface area contributed by atoms with Gasteiger partial charge in [0, 0.05) is 36.1 Å². The number of nitrogens with one attached hydrogen (secondary N) is 1. The Morgan fingerprint density at radius 3 is 2.47 bits per heavy atom. The van der Waals surface area contributed by atoms with E-state index in [1.165, 1.54) is 0 Å². The largest absolute Gasteiger partial charge is 0.492 e. The third-order valence-electron chi connectivity index (χ3n) is 5.17. The van der Waals surface area contributed by atoms with E-state index in [9.17, 15) is 5.11 Å². The maximum Gasteiger partial charge on any atom is 0.229 e. The summed E-state index contributed by atoms with van der Waals surface area (Å²) in [6, 6.07) is 20.0. The highest BCUT2D eigenvalue weighted by Gasteiger charge is 2.21. The lowest BCUT2D eigenvalue weighted by atomic mass is 9.98. The molecule has 2 heterocycles. The van der Waals surface area contributed by atoms with E-state index in [1.54, 1.807) is 13.1 Å². The second-order valence-corrected chi connectivity index (χ2v) is 8.12. The number of likely N-dealkylation sites (N-methyl/N-ethyl adjacent to an activating group) is 1. The molecule has 4 rings (SSSR count). The van der Waals surface area contributed by atoms with E-state index >= 15 is 0 Å². The Labute approximate surface area is 188 Å². The van der Waals surface area contributed by atoms with Gasteiger partial charge in [-0.2, -0.15) is 0 Å². The summed E-state index contributed by atoms with van der Waals surface area (Å²) in [6.45, 7) is 3.69. The van der Waals surface area contributed by atoms with Crippen LogP contribution in [0.15, 0.2) is 71.3 Å². The number of benzene rings is 2. The van der Waals surface area contributed by atoms with Gasteiger partial charge in [0.15, 0.2) is 0 Å². The van der Waals surface area contributed by atoms with Gasteiger partial charge in [0.2, 0.25) is 5.71 Å². The van der Waals surface area contributed by atoms with Crippen LogP contribution in [-0.4, -0.2) is 54.9 Å². The molecule has 1 atom stereocenters. The Kier molecular flexibility index (Phi) is 6.73. The summed E-state index contributed by atoms with van der Waals surface area (Å²) in [5, 5.41) is 14.0. The number of aliphatic hydroxyl groups excluding tert-OH is 1. The van der Waals surface area contributed by atoms with E-state index < -0.39 is 6.10 Å². The molecule has 0 unspecified atom stereocenters. The molecule has 6 heteroatoms. The molecule has 0 spiro atoms. The monoisotopic (exact) mass is 431 g/mol. The summed E-state index contributed by atoms with van der Waals surface area (Å²) in [5.41, 5.74) is 4.40. The zero-order valence-electron chi connectivity index (χ0n) is 18.7. The summed E-state index contributed by atoms with van der Waals surface area (Å²) in [4.78, 5) is 6.57. The number of furan rings is 1. The van der Waals surface area contributed by atoms with Crippen LogP contribution in [0.1, 0.15) is 6.92 Å². The number of hydrogen-bond acceptors (Lipinski definition) is 6. The first-order valence-electron chi connectivity index (χ1n) is 10.8. The van der Waals surface area contributed by atoms with Crippen LogP contribution in [0.4, 0.5) is 5.69 Å². The van der Waals surface area contributed by atoms with Crippen molar-refractivity contribution < 1.29 is 14.3 Å². The average molecular weight is 432 g/mol. The number of rotatable bonds is 9. The van der Waals surface area contributed by atoms with Gasteiger partial charge in [-0.15, -0.1) is 0 Å². The van der Waals surface area contributed by atoms with Crippen molar-refractivity contribution in [3.8, 4) is 28.2 Å². The minimum Gasteiger partial charge on any atom is -0.492 e. The molecule has 2 aromatic carbocycles. The summed E-state index contributed by atoms with van der Waals surface area (Å²) in [7, 11) is 4.05. The van der Waals surface area contributed by atoms with Crippen molar-refractivity contribution in [1.29, 1.82) is 0 Å². The van der Waals surface area contributed by atoms with Gasteiger partial charge >= 0.3 is 0 Å². The Hall–Kier alpha value is -3.35. The van der Waals surface area contributed by atoms with Crippen molar-refractivity contribution in [1.82, 2.24) is 9.88 Å². The highest BCUT2D eigenvalue weighted by Crippen LogP contribution is 2.43. The fourth-order valence-electron chi connectivity index (χ4n) is 3.56. The number of aliphatic hydroxyl groups is 1. The smallest absolute Gasteiger partial charge is 0.229 e. The standard InChI is InChI=1S/C26H29N3O3/c1-18(30)17-28-22-13-14-27-26-24(22)23(19-7-5-4-6-8-19)25(32-26)20-9-11-21(12-10-20)31-16-15-29(2)3/h4-14,18,30H,15-17H2,1-3H3,(H,27,28)/t18-/m0/s1. The molecule has 0 bridgehead atoms. The molecule has 0 saturated carbocycles. The molecule has 0 fully saturated rings. The lowest BCUT2D eigenvalue weighted by Crippen LogP contribution is -2.19. The van der Waals surface area contributed by atoms with E-state index in [-0.39, 0.29) is 0 Å². The minimum atomic E-state index is -0.468. The molecule has 0 amide bonds. The third kappa shape index (κ3) is 4.93. The van der Waals surface area contributed by atoms with Crippen molar-refractivity contribution in [2.45, 2.75) is 13.0 Å². The Morgan fingerprint density at radius 1 is 1.03 bits per heavy atom. The van der Waals surface area contributed by atoms with Crippen LogP contribution >= 0.6 is 0 Å². The minimum absolute atomic E-state index is 0.437. The number of nitrogens with zero attached hydrogens (tertiary/aromatic N) is 2. The van der Waals surface area contributed by atoms with E-state index in [4.69, 9.17) is 9.15 Å². The van der Waals surface area contributed by atoms with Crippen LogP contribution in [0, 0.1) is 0 Å². The SMILES string of the molecule is C[C@H](O)CNc1ccnc2oc(-c3ccc(OCCN(C)C)cc3)c(-c3ccccc3)c12. The summed E-state index contributed by atoms with van der Waals surface area (Å²) < 4.78 is 12.1. The van der Waals surface area contributed by atoms with Crippen LogP contribution < -0.4 is 10.1 Å². The van der Waals surface area contributed by atoms with Crippen LogP contribution in [0.2, 0.25) is 0 Å². The zero-order valence-corrected chi connectivity index (χ0v) is 18.7. The maximum absolute atomic E-state index is 9.76. The first-order valence-corrected chi connectivity index (χ1v) is 10.8. The number of hydrogen-bond donors (Lipinski definition) is 2. The van der Waals surface area contributed by atoms with Crippen molar-refractivity contribution in [3.63, 3.8) is 0 Å². The summed E-state index contributed by atoms with van der Waals surface area (Å²) in [5.74, 6) is 1.58. The Balaban J connectivity index is 1.77. The number of ether oxygens (including phenoxy) is 1. The molecule has 6 nitrogen and oxygen atoms in total. The Bertz CT molecular complexity index is 1150. The normalized spacial score (nSPS) is 12.3. The predicted molar refractivity (Wildman–Crippen MR) is 129 cm³/mol. The maximum atomic E-state index is 9.76. The summed E-state index contributed by atoms with van der Waals surface area (Å²) >= 11 is 0. The number of fused-ring (bicyclic) bond motifs is 1. The molecule has 32 heavy (non-hydrogen) atoms. The lowest BCUT2D eigenvalue weighted by molar-refractivity contribution is 0.208. The third-order valence-corrected chi connectivity index (χ3v) is 5.17. The van der Waals surface area contributed by atoms with Crippen molar-refractivity contribution >= 4 is 16.8 Å². The molecule has 2 aromatic heterocycles. The van der Waals surface area contributed by atoms with Crippen molar-refractivity contribution in [2.24, 2.45) is 0 Å². The van der Waals surface area contributed by atoms with E-state index in [1.807, 2.05) is 62.6 Å². The van der Waals surface area contributed by atoms with Gasteiger partial charge in [0.25, 0.3) is 0 Å². The first-order chi connectivity index (χ1) is 15.5. The molecule has 0 aliphatic heterocycles. The quantitative estimate of drug-likeness (QED) is 0.393. The van der Waals surface area contributed by atoms with Gasteiger partial charge in [0.1, 0.15) is 18.1 Å². The number of anilines is 1. The topological polar surface area (TPSA) is 70.8 Å². The second-order valence-electron chi connectivity index (χ2n) is 8.12. The lowest BCUT2D eigenvalue weighted by Gasteiger charge is -2.12. The van der Waals surface area contributed by atoms with Gasteiger partial charge in [-0.25, -0.2) is 4.98 Å². The van der Waals surface area contributed by atoms with E-state index in [0.717, 1.165) is 45.8 Å². The fourth-order valence-corrected chi connectivity index (χ4v) is 3.56. The molecule has 166 valence electrons. The average Bonchev–Trinajstić information content (AvgIpc) is 3.18. The number of aromatic nitrogens is 1. The number of pyridine rings is 1. The van der Waals surface area contributed by atoms with E-state index in [2.05, 4.69) is 27.3 Å². The first kappa shape index (κ1) is 21.9. The molecule has 0 aliphatic rings. The van der Waals surface area contributed by atoms with E-state index in [0.29, 0.717) is 18.9 Å². The molecule has 0 radical (unpaired) electrons. The van der Waals surface area contributed by atoms with Crippen LogP contribution in [0.3, 0.4) is 0 Å². The highest BCUT2D eigenvalue weighted by molar-refractivity contribution is 6.06. The predicted octanol–water partition coefficient (Wildman–Crippen LogP) is 4.89. The molecule has 0 saturated heterocycles. The second kappa shape index (κ2) is 9.85. The van der Waals surface area contributed by atoms with Crippen LogP contribution in [-0.2, 0) is 0 Å².